The highest BCUT2D eigenvalue weighted by molar-refractivity contribution is 5.37. The molecule has 72 valence electrons. The Kier molecular flexibility index (Phi) is 2.94. The predicted octanol–water partition coefficient (Wildman–Crippen LogP) is 2.36. The second-order valence-corrected chi connectivity index (χ2v) is 3.83. The number of rotatable bonds is 2. The van der Waals surface area contributed by atoms with E-state index in [1.165, 1.54) is 0 Å². The molecular formula is C11H17NO. The molecule has 2 heteroatoms. The zero-order valence-corrected chi connectivity index (χ0v) is 8.41. The van der Waals surface area contributed by atoms with Crippen molar-refractivity contribution in [3.8, 4) is 5.75 Å². The summed E-state index contributed by atoms with van der Waals surface area (Å²) < 4.78 is 0. The van der Waals surface area contributed by atoms with Gasteiger partial charge in [0.2, 0.25) is 0 Å². The highest BCUT2D eigenvalue weighted by atomic mass is 16.3. The number of benzene rings is 1. The molecule has 0 spiro atoms. The van der Waals surface area contributed by atoms with Crippen molar-refractivity contribution in [1.82, 2.24) is 0 Å². The van der Waals surface area contributed by atoms with Crippen LogP contribution >= 0.6 is 0 Å². The van der Waals surface area contributed by atoms with E-state index < -0.39 is 0 Å². The molecule has 0 aliphatic heterocycles. The van der Waals surface area contributed by atoms with Crippen molar-refractivity contribution in [2.45, 2.75) is 26.8 Å². The van der Waals surface area contributed by atoms with Gasteiger partial charge in [-0.2, -0.15) is 0 Å². The maximum atomic E-state index is 9.57. The summed E-state index contributed by atoms with van der Waals surface area (Å²) in [7, 11) is 0. The van der Waals surface area contributed by atoms with E-state index in [1.54, 1.807) is 6.07 Å². The maximum Gasteiger partial charge on any atom is 0.120 e. The monoisotopic (exact) mass is 179 g/mol. The van der Waals surface area contributed by atoms with Crippen molar-refractivity contribution >= 4 is 0 Å². The zero-order chi connectivity index (χ0) is 10.0. The van der Waals surface area contributed by atoms with Crippen LogP contribution in [0, 0.1) is 12.8 Å². The van der Waals surface area contributed by atoms with E-state index in [-0.39, 0.29) is 6.04 Å². The smallest absolute Gasteiger partial charge is 0.120 e. The number of aryl methyl sites for hydroxylation is 1. The number of hydrogen-bond donors (Lipinski definition) is 2. The lowest BCUT2D eigenvalue weighted by atomic mass is 9.95. The molecule has 1 atom stereocenters. The summed E-state index contributed by atoms with van der Waals surface area (Å²) in [4.78, 5) is 0. The van der Waals surface area contributed by atoms with Crippen LogP contribution in [0.1, 0.15) is 31.0 Å². The summed E-state index contributed by atoms with van der Waals surface area (Å²) in [6, 6.07) is 5.44. The quantitative estimate of drug-likeness (QED) is 0.732. The van der Waals surface area contributed by atoms with Crippen molar-refractivity contribution in [1.29, 1.82) is 0 Å². The van der Waals surface area contributed by atoms with Gasteiger partial charge in [0.05, 0.1) is 0 Å². The SMILES string of the molecule is Cc1ccc(O)c([C@@H](N)C(C)C)c1. The molecule has 3 N–H and O–H groups in total. The Morgan fingerprint density at radius 3 is 2.46 bits per heavy atom. The van der Waals surface area contributed by atoms with Crippen molar-refractivity contribution in [3.63, 3.8) is 0 Å². The lowest BCUT2D eigenvalue weighted by Gasteiger charge is -2.17. The highest BCUT2D eigenvalue weighted by Crippen LogP contribution is 2.27. The van der Waals surface area contributed by atoms with Gasteiger partial charge in [-0.05, 0) is 18.9 Å². The summed E-state index contributed by atoms with van der Waals surface area (Å²) in [6.45, 7) is 6.09. The van der Waals surface area contributed by atoms with Gasteiger partial charge >= 0.3 is 0 Å². The summed E-state index contributed by atoms with van der Waals surface area (Å²) in [5.41, 5.74) is 7.92. The Labute approximate surface area is 79.4 Å². The van der Waals surface area contributed by atoms with Gasteiger partial charge in [-0.25, -0.2) is 0 Å². The molecule has 0 bridgehead atoms. The minimum absolute atomic E-state index is 0.0834. The van der Waals surface area contributed by atoms with Gasteiger partial charge in [0.15, 0.2) is 0 Å². The number of aromatic hydroxyl groups is 1. The number of phenols is 1. The summed E-state index contributed by atoms with van der Waals surface area (Å²) in [5.74, 6) is 0.638. The largest absolute Gasteiger partial charge is 0.508 e. The van der Waals surface area contributed by atoms with Crippen LogP contribution in [-0.2, 0) is 0 Å². The molecule has 1 aromatic rings. The van der Waals surface area contributed by atoms with Crippen LogP contribution in [0.5, 0.6) is 5.75 Å². The first-order valence-electron chi connectivity index (χ1n) is 4.57. The Morgan fingerprint density at radius 1 is 1.31 bits per heavy atom. The van der Waals surface area contributed by atoms with Crippen LogP contribution in [-0.4, -0.2) is 5.11 Å². The van der Waals surface area contributed by atoms with Crippen LogP contribution < -0.4 is 5.73 Å². The predicted molar refractivity (Wildman–Crippen MR) is 54.6 cm³/mol. The van der Waals surface area contributed by atoms with Gasteiger partial charge < -0.3 is 10.8 Å². The highest BCUT2D eigenvalue weighted by Gasteiger charge is 2.14. The third kappa shape index (κ3) is 2.22. The van der Waals surface area contributed by atoms with Crippen LogP contribution in [0.25, 0.3) is 0 Å². The van der Waals surface area contributed by atoms with Crippen molar-refractivity contribution < 1.29 is 5.11 Å². The summed E-state index contributed by atoms with van der Waals surface area (Å²) in [5, 5.41) is 9.57. The average Bonchev–Trinajstić information content (AvgIpc) is 2.08. The van der Waals surface area contributed by atoms with Crippen LogP contribution in [0.4, 0.5) is 0 Å². The first-order valence-corrected chi connectivity index (χ1v) is 4.57. The Bertz CT molecular complexity index is 294. The van der Waals surface area contributed by atoms with Crippen LogP contribution in [0.15, 0.2) is 18.2 Å². The molecule has 0 unspecified atom stereocenters. The van der Waals surface area contributed by atoms with Gasteiger partial charge in [-0.1, -0.05) is 31.5 Å². The van der Waals surface area contributed by atoms with Crippen LogP contribution in [0.3, 0.4) is 0 Å². The van der Waals surface area contributed by atoms with E-state index in [9.17, 15) is 5.11 Å². The summed E-state index contributed by atoms with van der Waals surface area (Å²) in [6.07, 6.45) is 0. The van der Waals surface area contributed by atoms with Crippen LogP contribution in [0.2, 0.25) is 0 Å². The van der Waals surface area contributed by atoms with Crippen molar-refractivity contribution in [3.05, 3.63) is 29.3 Å². The second-order valence-electron chi connectivity index (χ2n) is 3.83. The molecular weight excluding hydrogens is 162 g/mol. The van der Waals surface area contributed by atoms with E-state index in [0.717, 1.165) is 11.1 Å². The molecule has 0 fully saturated rings. The molecule has 0 saturated heterocycles. The zero-order valence-electron chi connectivity index (χ0n) is 8.41. The molecule has 0 saturated carbocycles. The lowest BCUT2D eigenvalue weighted by Crippen LogP contribution is -2.16. The second kappa shape index (κ2) is 3.79. The molecule has 0 radical (unpaired) electrons. The van der Waals surface area contributed by atoms with E-state index in [1.807, 2.05) is 32.9 Å². The molecule has 13 heavy (non-hydrogen) atoms. The Balaban J connectivity index is 3.05. The molecule has 1 rings (SSSR count). The lowest BCUT2D eigenvalue weighted by molar-refractivity contribution is 0.439. The van der Waals surface area contributed by atoms with E-state index in [0.29, 0.717) is 11.7 Å². The topological polar surface area (TPSA) is 46.2 Å². The summed E-state index contributed by atoms with van der Waals surface area (Å²) >= 11 is 0. The van der Waals surface area contributed by atoms with Crippen molar-refractivity contribution in [2.75, 3.05) is 0 Å². The fraction of sp³-hybridized carbons (Fsp3) is 0.455. The third-order valence-electron chi connectivity index (χ3n) is 2.26. The van der Waals surface area contributed by atoms with E-state index >= 15 is 0 Å². The normalized spacial score (nSPS) is 13.3. The Morgan fingerprint density at radius 2 is 1.92 bits per heavy atom. The standard InChI is InChI=1S/C11H17NO/c1-7(2)11(12)9-6-8(3)4-5-10(9)13/h4-7,11,13H,12H2,1-3H3/t11-/m0/s1. The van der Waals surface area contributed by atoms with Gasteiger partial charge in [-0.3, -0.25) is 0 Å². The molecule has 2 nitrogen and oxygen atoms in total. The first-order chi connectivity index (χ1) is 6.02. The Hall–Kier alpha value is -1.02. The molecule has 0 aromatic heterocycles. The number of phenolic OH excluding ortho intramolecular Hbond substituents is 1. The fourth-order valence-corrected chi connectivity index (χ4v) is 1.30. The van der Waals surface area contributed by atoms with Crippen molar-refractivity contribution in [2.24, 2.45) is 11.7 Å². The molecule has 0 amide bonds. The molecule has 0 heterocycles. The third-order valence-corrected chi connectivity index (χ3v) is 2.26. The molecule has 1 aromatic carbocycles. The maximum absolute atomic E-state index is 9.57. The van der Waals surface area contributed by atoms with Gasteiger partial charge in [0.1, 0.15) is 5.75 Å². The van der Waals surface area contributed by atoms with E-state index in [4.69, 9.17) is 5.73 Å². The van der Waals surface area contributed by atoms with Gasteiger partial charge in [-0.15, -0.1) is 0 Å². The number of hydrogen-bond acceptors (Lipinski definition) is 2. The van der Waals surface area contributed by atoms with E-state index in [2.05, 4.69) is 0 Å². The average molecular weight is 179 g/mol. The van der Waals surface area contributed by atoms with Gasteiger partial charge in [0, 0.05) is 11.6 Å². The molecule has 0 aliphatic carbocycles. The minimum Gasteiger partial charge on any atom is -0.508 e. The molecule has 0 aliphatic rings. The fourth-order valence-electron chi connectivity index (χ4n) is 1.30. The van der Waals surface area contributed by atoms with Gasteiger partial charge in [0.25, 0.3) is 0 Å². The minimum atomic E-state index is -0.0834. The number of nitrogens with two attached hydrogens (primary N) is 1. The first kappa shape index (κ1) is 10.1.